The van der Waals surface area contributed by atoms with E-state index >= 15 is 0 Å². The van der Waals surface area contributed by atoms with E-state index in [1.54, 1.807) is 0 Å². The molecule has 1 aliphatic heterocycles. The molecule has 1 heterocycles. The largest absolute Gasteiger partial charge is 0.355 e. The van der Waals surface area contributed by atoms with E-state index in [9.17, 15) is 4.79 Å². The van der Waals surface area contributed by atoms with Crippen molar-refractivity contribution in [3.8, 4) is 0 Å². The molecular formula is C9H16ClNOS. The number of carbonyl (C=O) groups excluding carboxylic acids is 1. The molecule has 1 amide bonds. The van der Waals surface area contributed by atoms with Crippen LogP contribution >= 0.6 is 23.4 Å². The van der Waals surface area contributed by atoms with Crippen molar-refractivity contribution in [3.05, 3.63) is 0 Å². The lowest BCUT2D eigenvalue weighted by atomic mass is 10.2. The van der Waals surface area contributed by atoms with Crippen molar-refractivity contribution in [3.63, 3.8) is 0 Å². The van der Waals surface area contributed by atoms with Crippen LogP contribution in [-0.4, -0.2) is 29.3 Å². The molecule has 0 aromatic rings. The van der Waals surface area contributed by atoms with Crippen LogP contribution in [0.5, 0.6) is 0 Å². The fraction of sp³-hybridized carbons (Fsp3) is 0.889. The quantitative estimate of drug-likeness (QED) is 0.736. The van der Waals surface area contributed by atoms with Crippen LogP contribution < -0.4 is 5.32 Å². The first-order chi connectivity index (χ1) is 6.33. The van der Waals surface area contributed by atoms with Gasteiger partial charge >= 0.3 is 0 Å². The molecule has 76 valence electrons. The van der Waals surface area contributed by atoms with Crippen molar-refractivity contribution in [2.75, 3.05) is 18.2 Å². The van der Waals surface area contributed by atoms with Gasteiger partial charge < -0.3 is 5.32 Å². The van der Waals surface area contributed by atoms with Crippen molar-refractivity contribution in [1.82, 2.24) is 5.32 Å². The highest BCUT2D eigenvalue weighted by Gasteiger charge is 2.14. The Labute approximate surface area is 88.8 Å². The first-order valence-electron chi connectivity index (χ1n) is 4.77. The number of alkyl halides is 1. The summed E-state index contributed by atoms with van der Waals surface area (Å²) >= 11 is 7.43. The van der Waals surface area contributed by atoms with E-state index in [0.717, 1.165) is 6.54 Å². The minimum Gasteiger partial charge on any atom is -0.355 e. The van der Waals surface area contributed by atoms with Crippen molar-refractivity contribution in [2.45, 2.75) is 30.9 Å². The summed E-state index contributed by atoms with van der Waals surface area (Å²) in [5.74, 6) is 1.75. The second-order valence-electron chi connectivity index (χ2n) is 3.23. The summed E-state index contributed by atoms with van der Waals surface area (Å²) in [5.41, 5.74) is 0. The van der Waals surface area contributed by atoms with E-state index in [1.165, 1.54) is 25.0 Å². The van der Waals surface area contributed by atoms with Crippen LogP contribution in [0, 0.1) is 0 Å². The zero-order valence-electron chi connectivity index (χ0n) is 7.72. The van der Waals surface area contributed by atoms with Gasteiger partial charge in [-0.1, -0.05) is 6.42 Å². The lowest BCUT2D eigenvalue weighted by Crippen LogP contribution is -2.31. The number of halogens is 1. The SMILES string of the molecule is O=C(CCCl)NCC1CCCCS1. The molecule has 1 saturated heterocycles. The Morgan fingerprint density at radius 3 is 3.00 bits per heavy atom. The highest BCUT2D eigenvalue weighted by molar-refractivity contribution is 7.99. The van der Waals surface area contributed by atoms with Crippen molar-refractivity contribution in [1.29, 1.82) is 0 Å². The Kier molecular flexibility index (Phi) is 5.63. The number of nitrogens with one attached hydrogen (secondary N) is 1. The third-order valence-electron chi connectivity index (χ3n) is 2.12. The number of hydrogen-bond acceptors (Lipinski definition) is 2. The first-order valence-corrected chi connectivity index (χ1v) is 6.35. The molecule has 1 aliphatic rings. The van der Waals surface area contributed by atoms with E-state index in [0.29, 0.717) is 17.6 Å². The van der Waals surface area contributed by atoms with Gasteiger partial charge in [0.2, 0.25) is 5.91 Å². The van der Waals surface area contributed by atoms with Crippen LogP contribution in [-0.2, 0) is 4.79 Å². The normalized spacial score (nSPS) is 22.7. The van der Waals surface area contributed by atoms with Gasteiger partial charge in [-0.05, 0) is 18.6 Å². The summed E-state index contributed by atoms with van der Waals surface area (Å²) < 4.78 is 0. The zero-order chi connectivity index (χ0) is 9.52. The molecule has 0 radical (unpaired) electrons. The minimum absolute atomic E-state index is 0.0844. The van der Waals surface area contributed by atoms with Crippen LogP contribution in [0.1, 0.15) is 25.7 Å². The topological polar surface area (TPSA) is 29.1 Å². The molecule has 1 N–H and O–H groups in total. The Morgan fingerprint density at radius 2 is 2.38 bits per heavy atom. The van der Waals surface area contributed by atoms with Crippen molar-refractivity contribution in [2.24, 2.45) is 0 Å². The number of carbonyl (C=O) groups is 1. The summed E-state index contributed by atoms with van der Waals surface area (Å²) in [7, 11) is 0. The van der Waals surface area contributed by atoms with Gasteiger partial charge in [0.05, 0.1) is 0 Å². The Bertz CT molecular complexity index is 160. The van der Waals surface area contributed by atoms with Crippen LogP contribution in [0.15, 0.2) is 0 Å². The molecule has 1 rings (SSSR count). The van der Waals surface area contributed by atoms with Gasteiger partial charge in [0.1, 0.15) is 0 Å². The maximum Gasteiger partial charge on any atom is 0.221 e. The van der Waals surface area contributed by atoms with Gasteiger partial charge in [-0.15, -0.1) is 11.6 Å². The van der Waals surface area contributed by atoms with Crippen LogP contribution in [0.4, 0.5) is 0 Å². The fourth-order valence-electron chi connectivity index (χ4n) is 1.37. The first kappa shape index (κ1) is 11.2. The van der Waals surface area contributed by atoms with Crippen LogP contribution in [0.25, 0.3) is 0 Å². The maximum absolute atomic E-state index is 11.1. The smallest absolute Gasteiger partial charge is 0.221 e. The second-order valence-corrected chi connectivity index (χ2v) is 5.02. The summed E-state index contributed by atoms with van der Waals surface area (Å²) in [6.07, 6.45) is 4.32. The standard InChI is InChI=1S/C9H16ClNOS/c10-5-4-9(12)11-7-8-3-1-2-6-13-8/h8H,1-7H2,(H,11,12). The summed E-state index contributed by atoms with van der Waals surface area (Å²) in [5, 5.41) is 3.54. The predicted octanol–water partition coefficient (Wildman–Crippen LogP) is 2.02. The molecule has 13 heavy (non-hydrogen) atoms. The van der Waals surface area contributed by atoms with E-state index in [1.807, 2.05) is 11.8 Å². The molecule has 4 heteroatoms. The van der Waals surface area contributed by atoms with E-state index in [-0.39, 0.29) is 5.91 Å². The predicted molar refractivity (Wildman–Crippen MR) is 58.4 cm³/mol. The fourth-order valence-corrected chi connectivity index (χ4v) is 2.78. The van der Waals surface area contributed by atoms with Crippen LogP contribution in [0.2, 0.25) is 0 Å². The molecule has 0 aliphatic carbocycles. The van der Waals surface area contributed by atoms with Gasteiger partial charge in [-0.3, -0.25) is 4.79 Å². The van der Waals surface area contributed by atoms with E-state index in [4.69, 9.17) is 11.6 Å². The molecule has 0 aromatic carbocycles. The van der Waals surface area contributed by atoms with E-state index in [2.05, 4.69) is 5.32 Å². The molecule has 1 fully saturated rings. The van der Waals surface area contributed by atoms with E-state index < -0.39 is 0 Å². The van der Waals surface area contributed by atoms with Gasteiger partial charge in [-0.25, -0.2) is 0 Å². The maximum atomic E-state index is 11.1. The molecule has 0 spiro atoms. The number of thioether (sulfide) groups is 1. The third-order valence-corrected chi connectivity index (χ3v) is 3.71. The summed E-state index contributed by atoms with van der Waals surface area (Å²) in [6.45, 7) is 0.820. The molecule has 2 nitrogen and oxygen atoms in total. The third kappa shape index (κ3) is 4.77. The average molecular weight is 222 g/mol. The van der Waals surface area contributed by atoms with Gasteiger partial charge in [0.25, 0.3) is 0 Å². The minimum atomic E-state index is 0.0844. The molecule has 0 aromatic heterocycles. The van der Waals surface area contributed by atoms with Gasteiger partial charge in [0.15, 0.2) is 0 Å². The van der Waals surface area contributed by atoms with Crippen LogP contribution in [0.3, 0.4) is 0 Å². The molecule has 1 unspecified atom stereocenters. The van der Waals surface area contributed by atoms with Crippen molar-refractivity contribution >= 4 is 29.3 Å². The monoisotopic (exact) mass is 221 g/mol. The highest BCUT2D eigenvalue weighted by Crippen LogP contribution is 2.24. The lowest BCUT2D eigenvalue weighted by Gasteiger charge is -2.21. The molecular weight excluding hydrogens is 206 g/mol. The summed E-state index contributed by atoms with van der Waals surface area (Å²) in [6, 6.07) is 0. The Balaban J connectivity index is 2.06. The summed E-state index contributed by atoms with van der Waals surface area (Å²) in [4.78, 5) is 11.1. The molecule has 1 atom stereocenters. The molecule has 0 bridgehead atoms. The van der Waals surface area contributed by atoms with Gasteiger partial charge in [-0.2, -0.15) is 11.8 Å². The number of hydrogen-bond donors (Lipinski definition) is 1. The van der Waals surface area contributed by atoms with Gasteiger partial charge in [0, 0.05) is 24.1 Å². The van der Waals surface area contributed by atoms with Crippen molar-refractivity contribution < 1.29 is 4.79 Å². The second kappa shape index (κ2) is 6.55. The average Bonchev–Trinajstić information content (AvgIpc) is 2.17. The number of amides is 1. The highest BCUT2D eigenvalue weighted by atomic mass is 35.5. The lowest BCUT2D eigenvalue weighted by molar-refractivity contribution is -0.120. The Morgan fingerprint density at radius 1 is 1.54 bits per heavy atom. The Hall–Kier alpha value is 0.110. The zero-order valence-corrected chi connectivity index (χ0v) is 9.29. The molecule has 0 saturated carbocycles. The number of rotatable bonds is 4.